The van der Waals surface area contributed by atoms with E-state index in [0.29, 0.717) is 10.4 Å². The number of halogens is 2. The molecule has 1 aromatic carbocycles. The number of benzene rings is 1. The van der Waals surface area contributed by atoms with Crippen molar-refractivity contribution in [1.29, 1.82) is 0 Å². The van der Waals surface area contributed by atoms with Crippen molar-refractivity contribution in [3.05, 3.63) is 50.9 Å². The predicted octanol–water partition coefficient (Wildman–Crippen LogP) is 2.61. The zero-order chi connectivity index (χ0) is 14.7. The van der Waals surface area contributed by atoms with E-state index in [1.807, 2.05) is 0 Å². The van der Waals surface area contributed by atoms with Crippen molar-refractivity contribution in [2.75, 3.05) is 7.11 Å². The lowest BCUT2D eigenvalue weighted by Crippen LogP contribution is -2.32. The normalized spacial score (nSPS) is 10.2. The average molecular weight is 315 g/mol. The molecule has 0 radical (unpaired) electrons. The van der Waals surface area contributed by atoms with Crippen LogP contribution in [0.15, 0.2) is 35.3 Å². The van der Waals surface area contributed by atoms with Gasteiger partial charge in [0.1, 0.15) is 16.5 Å². The lowest BCUT2D eigenvalue weighted by molar-refractivity contribution is 0.197. The summed E-state index contributed by atoms with van der Waals surface area (Å²) in [5.74, 6) is 0.838. The van der Waals surface area contributed by atoms with Gasteiger partial charge in [0.2, 0.25) is 0 Å². The number of rotatable bonds is 2. The van der Waals surface area contributed by atoms with E-state index in [-0.39, 0.29) is 15.8 Å². The highest BCUT2D eigenvalue weighted by Crippen LogP contribution is 2.18. The van der Waals surface area contributed by atoms with Crippen molar-refractivity contribution >= 4 is 29.3 Å². The third-order valence-electron chi connectivity index (χ3n) is 2.31. The van der Waals surface area contributed by atoms with Crippen LogP contribution in [0.5, 0.6) is 11.5 Å². The Kier molecular flexibility index (Phi) is 4.26. The monoisotopic (exact) mass is 314 g/mol. The second-order valence-electron chi connectivity index (χ2n) is 3.57. The van der Waals surface area contributed by atoms with Crippen LogP contribution in [0.2, 0.25) is 10.0 Å². The highest BCUT2D eigenvalue weighted by molar-refractivity contribution is 6.41. The maximum absolute atomic E-state index is 11.8. The summed E-state index contributed by atoms with van der Waals surface area (Å²) < 4.78 is 10.4. The lowest BCUT2D eigenvalue weighted by atomic mass is 10.3. The first-order valence-electron chi connectivity index (χ1n) is 5.32. The van der Waals surface area contributed by atoms with E-state index in [1.165, 1.54) is 19.2 Å². The molecule has 0 bridgehead atoms. The number of nitrogens with zero attached hydrogens (tertiary/aromatic N) is 2. The van der Waals surface area contributed by atoms with Gasteiger partial charge in [0, 0.05) is 0 Å². The fourth-order valence-corrected chi connectivity index (χ4v) is 1.58. The van der Waals surface area contributed by atoms with Crippen molar-refractivity contribution in [3.8, 4) is 11.5 Å². The van der Waals surface area contributed by atoms with E-state index in [1.54, 1.807) is 12.1 Å². The molecule has 104 valence electrons. The molecule has 0 saturated carbocycles. The van der Waals surface area contributed by atoms with Gasteiger partial charge in [-0.15, -0.1) is 4.68 Å². The van der Waals surface area contributed by atoms with Crippen LogP contribution in [0.3, 0.4) is 0 Å². The molecule has 0 amide bonds. The number of carbonyl (C=O) groups is 1. The van der Waals surface area contributed by atoms with Crippen LogP contribution in [0.1, 0.15) is 0 Å². The minimum Gasteiger partial charge on any atom is -0.497 e. The Hall–Kier alpha value is -2.05. The second-order valence-corrected chi connectivity index (χ2v) is 4.35. The third kappa shape index (κ3) is 2.92. The second kappa shape index (κ2) is 5.94. The molecule has 0 spiro atoms. The fourth-order valence-electron chi connectivity index (χ4n) is 1.33. The number of ether oxygens (including phenoxy) is 2. The summed E-state index contributed by atoms with van der Waals surface area (Å²) >= 11 is 11.3. The van der Waals surface area contributed by atoms with Gasteiger partial charge in [0.15, 0.2) is 0 Å². The molecule has 0 fully saturated rings. The molecular formula is C12H8Cl2N2O4. The standard InChI is InChI=1S/C12H8Cl2N2O4/c1-19-7-2-4-8(5-3-7)20-12(18)16-11(17)10(14)9(13)6-15-16/h2-6H,1H3. The van der Waals surface area contributed by atoms with Gasteiger partial charge in [-0.25, -0.2) is 4.79 Å². The Labute approximate surface area is 123 Å². The van der Waals surface area contributed by atoms with Crippen LogP contribution >= 0.6 is 23.2 Å². The molecule has 0 saturated heterocycles. The third-order valence-corrected chi connectivity index (χ3v) is 3.06. The maximum Gasteiger partial charge on any atom is 0.443 e. The molecule has 2 rings (SSSR count). The predicted molar refractivity (Wildman–Crippen MR) is 72.9 cm³/mol. The van der Waals surface area contributed by atoms with Gasteiger partial charge in [0.05, 0.1) is 18.3 Å². The van der Waals surface area contributed by atoms with Gasteiger partial charge in [0.25, 0.3) is 5.56 Å². The molecule has 0 aliphatic heterocycles. The van der Waals surface area contributed by atoms with E-state index < -0.39 is 11.7 Å². The Morgan fingerprint density at radius 1 is 1.20 bits per heavy atom. The molecule has 1 aromatic heterocycles. The lowest BCUT2D eigenvalue weighted by Gasteiger charge is -2.06. The summed E-state index contributed by atoms with van der Waals surface area (Å²) in [6, 6.07) is 6.24. The van der Waals surface area contributed by atoms with Crippen LogP contribution in [-0.2, 0) is 0 Å². The molecule has 6 nitrogen and oxygen atoms in total. The average Bonchev–Trinajstić information content (AvgIpc) is 2.45. The van der Waals surface area contributed by atoms with Crippen LogP contribution in [0.25, 0.3) is 0 Å². The van der Waals surface area contributed by atoms with Crippen molar-refractivity contribution in [2.24, 2.45) is 0 Å². The molecule has 20 heavy (non-hydrogen) atoms. The first-order chi connectivity index (χ1) is 9.52. The first kappa shape index (κ1) is 14.4. The molecule has 0 unspecified atom stereocenters. The van der Waals surface area contributed by atoms with Gasteiger partial charge in [-0.2, -0.15) is 5.10 Å². The van der Waals surface area contributed by atoms with Crippen molar-refractivity contribution < 1.29 is 14.3 Å². The molecule has 1 heterocycles. The van der Waals surface area contributed by atoms with Crippen LogP contribution in [0, 0.1) is 0 Å². The Morgan fingerprint density at radius 3 is 2.40 bits per heavy atom. The van der Waals surface area contributed by atoms with Gasteiger partial charge in [-0.3, -0.25) is 4.79 Å². The van der Waals surface area contributed by atoms with Crippen LogP contribution in [-0.4, -0.2) is 23.0 Å². The van der Waals surface area contributed by atoms with E-state index in [2.05, 4.69) is 5.10 Å². The molecule has 0 aliphatic rings. The van der Waals surface area contributed by atoms with Crippen molar-refractivity contribution in [3.63, 3.8) is 0 Å². The van der Waals surface area contributed by atoms with Crippen molar-refractivity contribution in [2.45, 2.75) is 0 Å². The van der Waals surface area contributed by atoms with E-state index in [4.69, 9.17) is 32.7 Å². The summed E-state index contributed by atoms with van der Waals surface area (Å²) in [4.78, 5) is 23.5. The summed E-state index contributed by atoms with van der Waals surface area (Å²) in [5, 5.41) is 3.22. The van der Waals surface area contributed by atoms with E-state index >= 15 is 0 Å². The van der Waals surface area contributed by atoms with Crippen LogP contribution < -0.4 is 15.0 Å². The highest BCUT2D eigenvalue weighted by atomic mass is 35.5. The quantitative estimate of drug-likeness (QED) is 0.852. The summed E-state index contributed by atoms with van der Waals surface area (Å²) in [6.45, 7) is 0. The number of carbonyl (C=O) groups excluding carboxylic acids is 1. The minimum atomic E-state index is -0.987. The molecule has 8 heteroatoms. The van der Waals surface area contributed by atoms with Crippen molar-refractivity contribution in [1.82, 2.24) is 9.78 Å². The fraction of sp³-hybridized carbons (Fsp3) is 0.0833. The molecule has 0 atom stereocenters. The van der Waals surface area contributed by atoms with Gasteiger partial charge >= 0.3 is 6.09 Å². The number of hydrogen-bond acceptors (Lipinski definition) is 5. The van der Waals surface area contributed by atoms with Gasteiger partial charge < -0.3 is 9.47 Å². The minimum absolute atomic E-state index is 0.0369. The molecule has 0 N–H and O–H groups in total. The Balaban J connectivity index is 2.24. The van der Waals surface area contributed by atoms with Gasteiger partial charge in [-0.05, 0) is 24.3 Å². The number of methoxy groups -OCH3 is 1. The van der Waals surface area contributed by atoms with E-state index in [0.717, 1.165) is 6.20 Å². The topological polar surface area (TPSA) is 70.4 Å². The zero-order valence-corrected chi connectivity index (χ0v) is 11.7. The largest absolute Gasteiger partial charge is 0.497 e. The molecule has 2 aromatic rings. The molecular weight excluding hydrogens is 307 g/mol. The number of hydrogen-bond donors (Lipinski definition) is 0. The SMILES string of the molecule is COc1ccc(OC(=O)n2ncc(Cl)c(Cl)c2=O)cc1. The summed E-state index contributed by atoms with van der Waals surface area (Å²) in [5.41, 5.74) is -0.849. The summed E-state index contributed by atoms with van der Waals surface area (Å²) in [6.07, 6.45) is 0.0966. The molecule has 0 aliphatic carbocycles. The Morgan fingerprint density at radius 2 is 1.80 bits per heavy atom. The van der Waals surface area contributed by atoms with Gasteiger partial charge in [-0.1, -0.05) is 23.2 Å². The Bertz CT molecular complexity index is 698. The zero-order valence-electron chi connectivity index (χ0n) is 10.2. The van der Waals surface area contributed by atoms with Crippen LogP contribution in [0.4, 0.5) is 4.79 Å². The number of aromatic nitrogens is 2. The summed E-state index contributed by atoms with van der Waals surface area (Å²) in [7, 11) is 1.51. The smallest absolute Gasteiger partial charge is 0.443 e. The van der Waals surface area contributed by atoms with E-state index in [9.17, 15) is 9.59 Å². The highest BCUT2D eigenvalue weighted by Gasteiger charge is 2.15. The first-order valence-corrected chi connectivity index (χ1v) is 6.08. The maximum atomic E-state index is 11.8.